The molecule has 0 unspecified atom stereocenters. The molecule has 0 fully saturated rings. The fraction of sp³-hybridized carbons (Fsp3) is 0.227. The number of rotatable bonds is 2. The lowest BCUT2D eigenvalue weighted by molar-refractivity contribution is 0.104. The number of halogens is 1. The second-order valence-electron chi connectivity index (χ2n) is 7.83. The highest BCUT2D eigenvalue weighted by molar-refractivity contribution is 5.94. The molecule has 34 heavy (non-hydrogen) atoms. The molecule has 0 aliphatic carbocycles. The molecule has 1 atom stereocenters. The van der Waals surface area contributed by atoms with Crippen LogP contribution in [0.4, 0.5) is 26.4 Å². The molecule has 4 aromatic rings. The number of aromatic nitrogens is 5. The van der Waals surface area contributed by atoms with E-state index in [4.69, 9.17) is 4.74 Å². The normalized spacial score (nSPS) is 16.1. The highest BCUT2D eigenvalue weighted by atomic mass is 19.1. The van der Waals surface area contributed by atoms with Crippen LogP contribution in [0.25, 0.3) is 17.0 Å². The summed E-state index contributed by atoms with van der Waals surface area (Å²) in [4.78, 5) is 39.0. The molecule has 174 valence electrons. The van der Waals surface area contributed by atoms with Gasteiger partial charge in [0.05, 0.1) is 24.9 Å². The maximum atomic E-state index is 14.5. The van der Waals surface area contributed by atoms with E-state index >= 15 is 0 Å². The minimum atomic E-state index is -0.639. The van der Waals surface area contributed by atoms with Crippen LogP contribution in [0.15, 0.2) is 47.8 Å². The molecule has 1 amide bonds. The van der Waals surface area contributed by atoms with E-state index in [2.05, 4.69) is 30.9 Å². The minimum absolute atomic E-state index is 0.119. The number of nitrogens with one attached hydrogen (secondary N) is 3. The number of imidazole rings is 1. The summed E-state index contributed by atoms with van der Waals surface area (Å²) in [6.45, 7) is 2.13. The Kier molecular flexibility index (Phi) is 5.42. The van der Waals surface area contributed by atoms with Crippen molar-refractivity contribution in [2.75, 3.05) is 24.3 Å². The van der Waals surface area contributed by atoms with E-state index in [1.54, 1.807) is 26.1 Å². The Morgan fingerprint density at radius 3 is 2.88 bits per heavy atom. The zero-order valence-electron chi connectivity index (χ0n) is 18.4. The third-order valence-corrected chi connectivity index (χ3v) is 5.30. The number of nitrogens with zero attached hydrogens (tertiary/aromatic N) is 5. The van der Waals surface area contributed by atoms with Crippen molar-refractivity contribution in [3.63, 3.8) is 0 Å². The quantitative estimate of drug-likeness (QED) is 0.413. The van der Waals surface area contributed by atoms with Gasteiger partial charge in [0.2, 0.25) is 0 Å². The van der Waals surface area contributed by atoms with Gasteiger partial charge in [-0.3, -0.25) is 9.36 Å². The van der Waals surface area contributed by atoms with E-state index in [1.165, 1.54) is 35.4 Å². The summed E-state index contributed by atoms with van der Waals surface area (Å²) >= 11 is 0. The van der Waals surface area contributed by atoms with Crippen LogP contribution in [-0.4, -0.2) is 49.8 Å². The summed E-state index contributed by atoms with van der Waals surface area (Å²) in [5.41, 5.74) is 1.60. The molecular formula is C22H21FN8O3. The summed E-state index contributed by atoms with van der Waals surface area (Å²) < 4.78 is 22.7. The number of hydrogen-bond donors (Lipinski definition) is 3. The van der Waals surface area contributed by atoms with E-state index in [1.807, 2.05) is 0 Å². The number of carbonyl (C=O) groups is 1. The highest BCUT2D eigenvalue weighted by Gasteiger charge is 2.19. The number of ether oxygens (including phenoxy) is 1. The maximum absolute atomic E-state index is 14.5. The molecule has 4 bridgehead atoms. The molecule has 3 N–H and O–H groups in total. The van der Waals surface area contributed by atoms with Crippen molar-refractivity contribution in [1.29, 1.82) is 0 Å². The molecule has 1 aliphatic rings. The first-order valence-corrected chi connectivity index (χ1v) is 10.5. The second-order valence-corrected chi connectivity index (χ2v) is 7.83. The summed E-state index contributed by atoms with van der Waals surface area (Å²) in [7, 11) is 1.72. The van der Waals surface area contributed by atoms with Gasteiger partial charge in [0.15, 0.2) is 17.3 Å². The van der Waals surface area contributed by atoms with E-state index in [-0.39, 0.29) is 30.8 Å². The first-order valence-electron chi connectivity index (χ1n) is 10.5. The summed E-state index contributed by atoms with van der Waals surface area (Å²) in [5, 5.41) is 8.89. The first kappa shape index (κ1) is 21.5. The van der Waals surface area contributed by atoms with Crippen LogP contribution in [0.3, 0.4) is 0 Å². The molecule has 0 saturated heterocycles. The minimum Gasteiger partial charge on any atom is -0.386 e. The van der Waals surface area contributed by atoms with Crippen molar-refractivity contribution in [1.82, 2.24) is 29.4 Å². The number of anilines is 3. The zero-order chi connectivity index (χ0) is 23.8. The predicted octanol–water partition coefficient (Wildman–Crippen LogP) is 2.38. The van der Waals surface area contributed by atoms with Gasteiger partial charge in [-0.05, 0) is 30.7 Å². The number of carbonyl (C=O) groups excluding carboxylic acids is 1. The van der Waals surface area contributed by atoms with Crippen LogP contribution in [0, 0.1) is 5.82 Å². The van der Waals surface area contributed by atoms with E-state index in [9.17, 15) is 14.0 Å². The van der Waals surface area contributed by atoms with Gasteiger partial charge in [0, 0.05) is 25.5 Å². The molecule has 0 aromatic carbocycles. The Hall–Kier alpha value is -4.32. The molecule has 5 rings (SSSR count). The third kappa shape index (κ3) is 3.83. The average molecular weight is 464 g/mol. The molecule has 0 radical (unpaired) electrons. The molecule has 5 heterocycles. The van der Waals surface area contributed by atoms with Crippen LogP contribution >= 0.6 is 0 Å². The molecule has 4 aromatic heterocycles. The first-order chi connectivity index (χ1) is 16.4. The molecule has 0 spiro atoms. The van der Waals surface area contributed by atoms with Crippen LogP contribution in [-0.2, 0) is 11.3 Å². The van der Waals surface area contributed by atoms with Gasteiger partial charge in [-0.2, -0.15) is 0 Å². The van der Waals surface area contributed by atoms with Gasteiger partial charge < -0.3 is 20.7 Å². The Morgan fingerprint density at radius 1 is 1.24 bits per heavy atom. The van der Waals surface area contributed by atoms with Gasteiger partial charge >= 0.3 is 6.03 Å². The SMILES string of the molecule is CNc1cc2nc3c1ncn3C(=O)N[C@H](C)COCc1cc(c(=O)n(-c3ncccc3F)c1)N2. The Morgan fingerprint density at radius 2 is 2.09 bits per heavy atom. The number of amides is 1. The molecule has 12 heteroatoms. The standard InChI is InChI=1S/C22H21FN8O3/c1-12-9-34-10-13-6-16(21(32)30(8-13)19-14(23)4-3-5-25-19)28-17-7-15(24-2)18-20(29-17)31(11-26-18)22(33)27-12/h3-8,11-12H,9-10H2,1-2H3,(H,27,33)(H2,24,28,29)/t12-/m1/s1. The van der Waals surface area contributed by atoms with Gasteiger partial charge in [0.25, 0.3) is 5.56 Å². The smallest absolute Gasteiger partial charge is 0.328 e. The largest absolute Gasteiger partial charge is 0.386 e. The third-order valence-electron chi connectivity index (χ3n) is 5.30. The molecule has 11 nitrogen and oxygen atoms in total. The van der Waals surface area contributed by atoms with Crippen LogP contribution in [0.1, 0.15) is 12.5 Å². The van der Waals surface area contributed by atoms with Gasteiger partial charge in [-0.1, -0.05) is 0 Å². The van der Waals surface area contributed by atoms with Crippen LogP contribution in [0.2, 0.25) is 0 Å². The fourth-order valence-electron chi connectivity index (χ4n) is 3.73. The van der Waals surface area contributed by atoms with E-state index in [0.717, 1.165) is 4.57 Å². The topological polar surface area (TPSA) is 128 Å². The fourth-order valence-corrected chi connectivity index (χ4v) is 3.73. The lowest BCUT2D eigenvalue weighted by Crippen LogP contribution is -2.38. The lowest BCUT2D eigenvalue weighted by Gasteiger charge is -2.17. The predicted molar refractivity (Wildman–Crippen MR) is 123 cm³/mol. The molecule has 1 aliphatic heterocycles. The Bertz CT molecular complexity index is 1460. The van der Waals surface area contributed by atoms with Crippen LogP contribution in [0.5, 0.6) is 0 Å². The van der Waals surface area contributed by atoms with E-state index < -0.39 is 17.4 Å². The van der Waals surface area contributed by atoms with Crippen molar-refractivity contribution in [2.45, 2.75) is 19.6 Å². The average Bonchev–Trinajstić information content (AvgIpc) is 3.24. The number of hydrogen-bond acceptors (Lipinski definition) is 8. The van der Waals surface area contributed by atoms with Gasteiger partial charge in [-0.15, -0.1) is 0 Å². The monoisotopic (exact) mass is 464 g/mol. The number of pyridine rings is 3. The van der Waals surface area contributed by atoms with Crippen molar-refractivity contribution >= 4 is 34.4 Å². The van der Waals surface area contributed by atoms with Crippen molar-refractivity contribution in [3.8, 4) is 5.82 Å². The van der Waals surface area contributed by atoms with Crippen molar-refractivity contribution in [3.05, 3.63) is 64.7 Å². The maximum Gasteiger partial charge on any atom is 0.328 e. The molecule has 0 saturated carbocycles. The summed E-state index contributed by atoms with van der Waals surface area (Å²) in [6.07, 6.45) is 4.28. The van der Waals surface area contributed by atoms with E-state index in [0.29, 0.717) is 28.2 Å². The summed E-state index contributed by atoms with van der Waals surface area (Å²) in [6, 6.07) is 5.24. The molecular weight excluding hydrogens is 443 g/mol. The van der Waals surface area contributed by atoms with Crippen LogP contribution < -0.4 is 21.5 Å². The Balaban J connectivity index is 1.71. The number of fused-ring (bicyclic) bond motifs is 3. The highest BCUT2D eigenvalue weighted by Crippen LogP contribution is 2.26. The Labute approximate surface area is 192 Å². The van der Waals surface area contributed by atoms with Crippen molar-refractivity contribution in [2.24, 2.45) is 0 Å². The van der Waals surface area contributed by atoms with Crippen molar-refractivity contribution < 1.29 is 13.9 Å². The summed E-state index contributed by atoms with van der Waals surface area (Å²) in [5.74, 6) is -0.475. The van der Waals surface area contributed by atoms with Gasteiger partial charge in [-0.25, -0.2) is 28.7 Å². The lowest BCUT2D eigenvalue weighted by atomic mass is 10.2. The second kappa shape index (κ2) is 8.56. The zero-order valence-corrected chi connectivity index (χ0v) is 18.4. The van der Waals surface area contributed by atoms with Gasteiger partial charge in [0.1, 0.15) is 23.3 Å².